The van der Waals surface area contributed by atoms with E-state index in [2.05, 4.69) is 45.3 Å². The molecule has 0 bridgehead atoms. The number of fused-ring (bicyclic) bond motifs is 1. The normalized spacial score (nSPS) is 17.2. The van der Waals surface area contributed by atoms with Crippen LogP contribution in [-0.2, 0) is 0 Å². The first-order valence-electron chi connectivity index (χ1n) is 8.98. The predicted molar refractivity (Wildman–Crippen MR) is 101 cm³/mol. The van der Waals surface area contributed by atoms with E-state index >= 15 is 0 Å². The van der Waals surface area contributed by atoms with Crippen LogP contribution in [0.15, 0.2) is 22.7 Å². The first kappa shape index (κ1) is 17.4. The Labute approximate surface area is 160 Å². The molecule has 0 saturated heterocycles. The van der Waals surface area contributed by atoms with E-state index in [4.69, 9.17) is 9.47 Å². The zero-order valence-electron chi connectivity index (χ0n) is 14.8. The summed E-state index contributed by atoms with van der Waals surface area (Å²) in [5.41, 5.74) is 2.37. The van der Waals surface area contributed by atoms with Crippen LogP contribution in [0, 0.1) is 5.92 Å². The lowest BCUT2D eigenvalue weighted by Gasteiger charge is -2.23. The van der Waals surface area contributed by atoms with Crippen LogP contribution >= 0.6 is 15.9 Å². The monoisotopic (exact) mass is 419 g/mol. The van der Waals surface area contributed by atoms with Crippen molar-refractivity contribution in [2.45, 2.75) is 38.6 Å². The van der Waals surface area contributed by atoms with Gasteiger partial charge < -0.3 is 14.8 Å². The van der Waals surface area contributed by atoms with Gasteiger partial charge >= 0.3 is 0 Å². The fourth-order valence-corrected chi connectivity index (χ4v) is 4.06. The molecule has 1 atom stereocenters. The molecule has 4 rings (SSSR count). The van der Waals surface area contributed by atoms with Gasteiger partial charge in [-0.15, -0.1) is 0 Å². The summed E-state index contributed by atoms with van der Waals surface area (Å²) in [4.78, 5) is 12.8. The molecule has 1 aromatic carbocycles. The molecule has 2 N–H and O–H groups in total. The molecular formula is C19H22BrN3O3. The van der Waals surface area contributed by atoms with Gasteiger partial charge in [-0.3, -0.25) is 9.89 Å². The van der Waals surface area contributed by atoms with Crippen LogP contribution in [0.5, 0.6) is 11.5 Å². The van der Waals surface area contributed by atoms with Gasteiger partial charge in [0.1, 0.15) is 13.2 Å². The van der Waals surface area contributed by atoms with Gasteiger partial charge in [-0.25, -0.2) is 0 Å². The molecular weight excluding hydrogens is 398 g/mol. The summed E-state index contributed by atoms with van der Waals surface area (Å²) in [5.74, 6) is 2.04. The van der Waals surface area contributed by atoms with Crippen LogP contribution in [0.4, 0.5) is 0 Å². The van der Waals surface area contributed by atoms with E-state index in [9.17, 15) is 4.79 Å². The summed E-state index contributed by atoms with van der Waals surface area (Å²) in [6, 6.07) is 5.86. The number of halogens is 1. The zero-order chi connectivity index (χ0) is 18.3. The smallest absolute Gasteiger partial charge is 0.273 e. The molecule has 2 aliphatic rings. The third-order valence-corrected chi connectivity index (χ3v) is 5.63. The fourth-order valence-electron chi connectivity index (χ4n) is 3.24. The highest BCUT2D eigenvalue weighted by Crippen LogP contribution is 2.43. The molecule has 138 valence electrons. The minimum Gasteiger partial charge on any atom is -0.486 e. The van der Waals surface area contributed by atoms with Crippen molar-refractivity contribution in [1.82, 2.24) is 15.5 Å². The van der Waals surface area contributed by atoms with Crippen LogP contribution < -0.4 is 14.8 Å². The third kappa shape index (κ3) is 3.32. The van der Waals surface area contributed by atoms with Gasteiger partial charge in [-0.1, -0.05) is 19.9 Å². The summed E-state index contributed by atoms with van der Waals surface area (Å²) in [6.07, 6.45) is 2.22. The first-order valence-corrected chi connectivity index (χ1v) is 9.78. The van der Waals surface area contributed by atoms with Crippen molar-refractivity contribution >= 4 is 21.8 Å². The maximum Gasteiger partial charge on any atom is 0.273 e. The van der Waals surface area contributed by atoms with Crippen molar-refractivity contribution in [1.29, 1.82) is 0 Å². The van der Waals surface area contributed by atoms with Gasteiger partial charge in [0.2, 0.25) is 0 Å². The number of H-pyrrole nitrogens is 1. The van der Waals surface area contributed by atoms with Gasteiger partial charge in [0.25, 0.3) is 5.91 Å². The van der Waals surface area contributed by atoms with Gasteiger partial charge in [0, 0.05) is 0 Å². The summed E-state index contributed by atoms with van der Waals surface area (Å²) >= 11 is 3.51. The van der Waals surface area contributed by atoms with Crippen molar-refractivity contribution in [3.8, 4) is 11.5 Å². The van der Waals surface area contributed by atoms with Gasteiger partial charge in [-0.05, 0) is 58.3 Å². The first-order chi connectivity index (χ1) is 12.5. The number of nitrogens with one attached hydrogen (secondary N) is 2. The molecule has 0 radical (unpaired) electrons. The third-order valence-electron chi connectivity index (χ3n) is 4.83. The SMILES string of the molecule is CC(C)c1[nH]nc(C(=O)NC(c2ccc3c(c2)OCCO3)C2CC2)c1Br. The summed E-state index contributed by atoms with van der Waals surface area (Å²) in [5, 5.41) is 10.3. The van der Waals surface area contributed by atoms with E-state index in [-0.39, 0.29) is 17.9 Å². The highest BCUT2D eigenvalue weighted by Gasteiger charge is 2.35. The number of hydrogen-bond acceptors (Lipinski definition) is 4. The number of aromatic amines is 1. The number of benzene rings is 1. The number of amides is 1. The second kappa shape index (κ2) is 6.95. The lowest BCUT2D eigenvalue weighted by Crippen LogP contribution is -2.30. The van der Waals surface area contributed by atoms with E-state index in [1.54, 1.807) is 0 Å². The molecule has 7 heteroatoms. The Hall–Kier alpha value is -2.02. The number of nitrogens with zero attached hydrogens (tertiary/aromatic N) is 1. The highest BCUT2D eigenvalue weighted by molar-refractivity contribution is 9.10. The second-order valence-electron chi connectivity index (χ2n) is 7.15. The molecule has 1 aliphatic carbocycles. The van der Waals surface area contributed by atoms with Gasteiger partial charge in [0.05, 0.1) is 16.2 Å². The molecule has 1 aromatic heterocycles. The Balaban J connectivity index is 1.57. The molecule has 1 fully saturated rings. The minimum absolute atomic E-state index is 0.0515. The number of carbonyl (C=O) groups excluding carboxylic acids is 1. The zero-order valence-corrected chi connectivity index (χ0v) is 16.4. The van der Waals surface area contributed by atoms with E-state index < -0.39 is 0 Å². The number of ether oxygens (including phenoxy) is 2. The van der Waals surface area contributed by atoms with Crippen molar-refractivity contribution in [3.05, 3.63) is 39.6 Å². The molecule has 26 heavy (non-hydrogen) atoms. The van der Waals surface area contributed by atoms with Crippen LogP contribution in [0.1, 0.15) is 60.4 Å². The van der Waals surface area contributed by atoms with Gasteiger partial charge in [-0.2, -0.15) is 5.10 Å². The average molecular weight is 420 g/mol. The Morgan fingerprint density at radius 2 is 2.00 bits per heavy atom. The maximum atomic E-state index is 12.8. The van der Waals surface area contributed by atoms with E-state index in [0.29, 0.717) is 24.8 Å². The summed E-state index contributed by atoms with van der Waals surface area (Å²) in [7, 11) is 0. The molecule has 1 amide bonds. The largest absolute Gasteiger partial charge is 0.486 e. The number of carbonyl (C=O) groups is 1. The number of aromatic nitrogens is 2. The minimum atomic E-state index is -0.174. The highest BCUT2D eigenvalue weighted by atomic mass is 79.9. The number of hydrogen-bond donors (Lipinski definition) is 2. The van der Waals surface area contributed by atoms with Crippen molar-refractivity contribution in [3.63, 3.8) is 0 Å². The second-order valence-corrected chi connectivity index (χ2v) is 7.94. The van der Waals surface area contributed by atoms with Crippen LogP contribution in [0.25, 0.3) is 0 Å². The molecule has 1 aliphatic heterocycles. The Morgan fingerprint density at radius 3 is 2.65 bits per heavy atom. The van der Waals surface area contributed by atoms with Gasteiger partial charge in [0.15, 0.2) is 17.2 Å². The topological polar surface area (TPSA) is 76.2 Å². The molecule has 0 spiro atoms. The quantitative estimate of drug-likeness (QED) is 0.768. The lowest BCUT2D eigenvalue weighted by molar-refractivity contribution is 0.0925. The maximum absolute atomic E-state index is 12.8. The van der Waals surface area contributed by atoms with E-state index in [1.165, 1.54) is 0 Å². The molecule has 6 nitrogen and oxygen atoms in total. The average Bonchev–Trinajstić information content (AvgIpc) is 3.40. The molecule has 2 aromatic rings. The van der Waals surface area contributed by atoms with Crippen molar-refractivity contribution < 1.29 is 14.3 Å². The standard InChI is InChI=1S/C19H22BrN3O3/c1-10(2)16-15(20)18(23-22-16)19(24)21-17(11-3-4-11)12-5-6-13-14(9-12)26-8-7-25-13/h5-6,9-11,17H,3-4,7-8H2,1-2H3,(H,21,24)(H,22,23). The molecule has 2 heterocycles. The summed E-state index contributed by atoms with van der Waals surface area (Å²) in [6.45, 7) is 5.24. The van der Waals surface area contributed by atoms with Crippen LogP contribution in [0.2, 0.25) is 0 Å². The predicted octanol–water partition coefficient (Wildman–Crippen LogP) is 3.95. The summed E-state index contributed by atoms with van der Waals surface area (Å²) < 4.78 is 12.0. The fraction of sp³-hybridized carbons (Fsp3) is 0.474. The van der Waals surface area contributed by atoms with Crippen LogP contribution in [0.3, 0.4) is 0 Å². The van der Waals surface area contributed by atoms with Crippen molar-refractivity contribution in [2.24, 2.45) is 5.92 Å². The molecule has 1 unspecified atom stereocenters. The van der Waals surface area contributed by atoms with Crippen LogP contribution in [-0.4, -0.2) is 29.3 Å². The van der Waals surface area contributed by atoms with E-state index in [0.717, 1.165) is 40.1 Å². The number of rotatable bonds is 5. The van der Waals surface area contributed by atoms with Crippen molar-refractivity contribution in [2.75, 3.05) is 13.2 Å². The van der Waals surface area contributed by atoms with E-state index in [1.807, 2.05) is 18.2 Å². The molecule has 1 saturated carbocycles. The Kier molecular flexibility index (Phi) is 4.65. The lowest BCUT2D eigenvalue weighted by atomic mass is 10.0. The Bertz CT molecular complexity index is 829. The Morgan fingerprint density at radius 1 is 1.27 bits per heavy atom.